The van der Waals surface area contributed by atoms with Crippen LogP contribution in [-0.4, -0.2) is 21.0 Å². The zero-order valence-corrected chi connectivity index (χ0v) is 13.2. The first-order valence-electron chi connectivity index (χ1n) is 7.75. The molecule has 0 aliphatic rings. The third kappa shape index (κ3) is 3.12. The van der Waals surface area contributed by atoms with Gasteiger partial charge in [0.05, 0.1) is 24.9 Å². The number of benzene rings is 1. The average molecular weight is 334 g/mol. The smallest absolute Gasteiger partial charge is 0.226 e. The first kappa shape index (κ1) is 15.1. The van der Waals surface area contributed by atoms with E-state index in [1.807, 2.05) is 24.3 Å². The maximum absolute atomic E-state index is 12.3. The van der Waals surface area contributed by atoms with E-state index in [1.165, 1.54) is 0 Å². The molecule has 0 aliphatic heterocycles. The summed E-state index contributed by atoms with van der Waals surface area (Å²) < 4.78 is 10.6. The van der Waals surface area contributed by atoms with Crippen LogP contribution in [0.4, 0.5) is 0 Å². The Balaban J connectivity index is 1.46. The molecule has 0 fully saturated rings. The molecule has 7 nitrogen and oxygen atoms in total. The van der Waals surface area contributed by atoms with Crippen LogP contribution in [0.25, 0.3) is 22.4 Å². The summed E-state index contributed by atoms with van der Waals surface area (Å²) in [7, 11) is 0. The molecule has 7 heteroatoms. The van der Waals surface area contributed by atoms with Crippen molar-refractivity contribution in [1.29, 1.82) is 0 Å². The number of nitrogens with one attached hydrogen (secondary N) is 1. The number of para-hydroxylation sites is 1. The van der Waals surface area contributed by atoms with Gasteiger partial charge in [0.1, 0.15) is 11.4 Å². The van der Waals surface area contributed by atoms with E-state index in [-0.39, 0.29) is 18.9 Å². The lowest BCUT2D eigenvalue weighted by atomic mass is 10.1. The topological polar surface area (TPSA) is 94.1 Å². The van der Waals surface area contributed by atoms with Gasteiger partial charge in [0.15, 0.2) is 11.3 Å². The Morgan fingerprint density at radius 3 is 2.80 bits per heavy atom. The van der Waals surface area contributed by atoms with Crippen molar-refractivity contribution >= 4 is 16.9 Å². The number of furan rings is 1. The number of hydrogen-bond donors (Lipinski definition) is 1. The van der Waals surface area contributed by atoms with Crippen molar-refractivity contribution in [2.24, 2.45) is 0 Å². The van der Waals surface area contributed by atoms with Crippen molar-refractivity contribution in [2.45, 2.75) is 13.0 Å². The van der Waals surface area contributed by atoms with E-state index < -0.39 is 0 Å². The lowest BCUT2D eigenvalue weighted by Gasteiger charge is -2.06. The van der Waals surface area contributed by atoms with Gasteiger partial charge in [-0.25, -0.2) is 4.98 Å². The summed E-state index contributed by atoms with van der Waals surface area (Å²) in [4.78, 5) is 20.8. The number of nitrogens with zero attached hydrogens (tertiary/aromatic N) is 3. The van der Waals surface area contributed by atoms with Crippen molar-refractivity contribution in [1.82, 2.24) is 20.4 Å². The Morgan fingerprint density at radius 2 is 1.92 bits per heavy atom. The van der Waals surface area contributed by atoms with E-state index >= 15 is 0 Å². The fourth-order valence-electron chi connectivity index (χ4n) is 2.58. The van der Waals surface area contributed by atoms with Gasteiger partial charge in [-0.05, 0) is 24.3 Å². The van der Waals surface area contributed by atoms with Gasteiger partial charge < -0.3 is 14.3 Å². The quantitative estimate of drug-likeness (QED) is 0.603. The highest BCUT2D eigenvalue weighted by Gasteiger charge is 2.14. The highest BCUT2D eigenvalue weighted by molar-refractivity contribution is 5.86. The summed E-state index contributed by atoms with van der Waals surface area (Å²) in [6.07, 6.45) is 4.87. The van der Waals surface area contributed by atoms with E-state index in [9.17, 15) is 4.79 Å². The van der Waals surface area contributed by atoms with Gasteiger partial charge in [-0.2, -0.15) is 0 Å². The minimum Gasteiger partial charge on any atom is -0.463 e. The molecule has 0 atom stereocenters. The predicted octanol–water partition coefficient (Wildman–Crippen LogP) is 2.74. The van der Waals surface area contributed by atoms with E-state index in [0.717, 1.165) is 5.39 Å². The molecular formula is C18H14N4O3. The van der Waals surface area contributed by atoms with E-state index in [0.29, 0.717) is 28.4 Å². The molecule has 4 aromatic rings. The second kappa shape index (κ2) is 6.56. The number of amides is 1. The first-order chi connectivity index (χ1) is 12.3. The number of carbonyl (C=O) groups excluding carboxylic acids is 1. The summed E-state index contributed by atoms with van der Waals surface area (Å²) in [6.45, 7) is 0.249. The van der Waals surface area contributed by atoms with E-state index in [1.54, 1.807) is 30.8 Å². The van der Waals surface area contributed by atoms with Crippen molar-refractivity contribution in [2.75, 3.05) is 0 Å². The van der Waals surface area contributed by atoms with E-state index in [4.69, 9.17) is 8.94 Å². The molecule has 0 radical (unpaired) electrons. The van der Waals surface area contributed by atoms with E-state index in [2.05, 4.69) is 20.4 Å². The van der Waals surface area contributed by atoms with Crippen LogP contribution in [0.3, 0.4) is 0 Å². The fourth-order valence-corrected chi connectivity index (χ4v) is 2.58. The van der Waals surface area contributed by atoms with Crippen molar-refractivity contribution in [3.05, 3.63) is 66.4 Å². The molecule has 25 heavy (non-hydrogen) atoms. The molecule has 3 heterocycles. The number of rotatable bonds is 5. The molecule has 3 aromatic heterocycles. The molecule has 1 N–H and O–H groups in total. The second-order valence-electron chi connectivity index (χ2n) is 5.41. The maximum atomic E-state index is 12.3. The summed E-state index contributed by atoms with van der Waals surface area (Å²) in [5, 5.41) is 7.65. The number of aromatic nitrogens is 3. The van der Waals surface area contributed by atoms with Gasteiger partial charge in [-0.1, -0.05) is 17.3 Å². The standard InChI is InChI=1S/C18H14N4O3/c23-17(10-13-12-4-1-2-5-15(12)25-22-13)21-11-14-18(20-8-7-19-14)16-6-3-9-24-16/h1-9H,10-11H2,(H,21,23). The van der Waals surface area contributed by atoms with Crippen molar-refractivity contribution < 1.29 is 13.7 Å². The predicted molar refractivity (Wildman–Crippen MR) is 89.3 cm³/mol. The Labute approximate surface area is 142 Å². The Morgan fingerprint density at radius 1 is 1.04 bits per heavy atom. The van der Waals surface area contributed by atoms with Gasteiger partial charge in [0.2, 0.25) is 5.91 Å². The first-order valence-corrected chi connectivity index (χ1v) is 7.75. The summed E-state index contributed by atoms with van der Waals surface area (Å²) in [6, 6.07) is 11.0. The molecule has 0 saturated carbocycles. The summed E-state index contributed by atoms with van der Waals surface area (Å²) in [5.74, 6) is 0.440. The number of fused-ring (bicyclic) bond motifs is 1. The zero-order valence-electron chi connectivity index (χ0n) is 13.2. The average Bonchev–Trinajstić information content (AvgIpc) is 3.31. The lowest BCUT2D eigenvalue weighted by molar-refractivity contribution is -0.120. The zero-order chi connectivity index (χ0) is 17.1. The molecule has 0 aliphatic carbocycles. The van der Waals surface area contributed by atoms with Crippen molar-refractivity contribution in [3.63, 3.8) is 0 Å². The normalized spacial score (nSPS) is 10.9. The van der Waals surface area contributed by atoms with Crippen LogP contribution in [0.5, 0.6) is 0 Å². The molecule has 0 bridgehead atoms. The number of carbonyl (C=O) groups is 1. The van der Waals surface area contributed by atoms with Crippen LogP contribution in [0.1, 0.15) is 11.4 Å². The third-order valence-electron chi connectivity index (χ3n) is 3.76. The Kier molecular flexibility index (Phi) is 3.96. The van der Waals surface area contributed by atoms with Crippen LogP contribution >= 0.6 is 0 Å². The minimum atomic E-state index is -0.171. The molecule has 0 unspecified atom stereocenters. The molecule has 0 spiro atoms. The molecular weight excluding hydrogens is 320 g/mol. The van der Waals surface area contributed by atoms with Gasteiger partial charge in [-0.15, -0.1) is 0 Å². The van der Waals surface area contributed by atoms with Crippen LogP contribution in [0.15, 0.2) is 64.0 Å². The largest absolute Gasteiger partial charge is 0.463 e. The summed E-state index contributed by atoms with van der Waals surface area (Å²) >= 11 is 0. The maximum Gasteiger partial charge on any atom is 0.226 e. The lowest BCUT2D eigenvalue weighted by Crippen LogP contribution is -2.25. The Bertz CT molecular complexity index is 1010. The minimum absolute atomic E-state index is 0.132. The summed E-state index contributed by atoms with van der Waals surface area (Å²) in [5.41, 5.74) is 2.52. The van der Waals surface area contributed by atoms with Crippen LogP contribution in [-0.2, 0) is 17.8 Å². The Hall–Kier alpha value is -3.48. The van der Waals surface area contributed by atoms with Crippen molar-refractivity contribution in [3.8, 4) is 11.5 Å². The molecule has 124 valence electrons. The molecule has 1 amide bonds. The monoisotopic (exact) mass is 334 g/mol. The second-order valence-corrected chi connectivity index (χ2v) is 5.41. The fraction of sp³-hybridized carbons (Fsp3) is 0.111. The van der Waals surface area contributed by atoms with Gasteiger partial charge >= 0.3 is 0 Å². The van der Waals surface area contributed by atoms with Crippen LogP contribution < -0.4 is 5.32 Å². The van der Waals surface area contributed by atoms with Gasteiger partial charge in [0.25, 0.3) is 0 Å². The van der Waals surface area contributed by atoms with Gasteiger partial charge in [0, 0.05) is 17.8 Å². The highest BCUT2D eigenvalue weighted by atomic mass is 16.5. The SMILES string of the molecule is O=C(Cc1noc2ccccc12)NCc1nccnc1-c1ccco1. The van der Waals surface area contributed by atoms with Crippen LogP contribution in [0, 0.1) is 0 Å². The number of hydrogen-bond acceptors (Lipinski definition) is 6. The highest BCUT2D eigenvalue weighted by Crippen LogP contribution is 2.20. The van der Waals surface area contributed by atoms with Gasteiger partial charge in [-0.3, -0.25) is 9.78 Å². The van der Waals surface area contributed by atoms with Crippen LogP contribution in [0.2, 0.25) is 0 Å². The third-order valence-corrected chi connectivity index (χ3v) is 3.76. The molecule has 1 aromatic carbocycles. The molecule has 4 rings (SSSR count). The molecule has 0 saturated heterocycles.